The number of aromatic nitrogens is 2. The molecule has 0 unspecified atom stereocenters. The van der Waals surface area contributed by atoms with Crippen LogP contribution >= 0.6 is 0 Å². The van der Waals surface area contributed by atoms with E-state index in [0.717, 1.165) is 0 Å². The maximum Gasteiger partial charge on any atom is 0.316 e. The van der Waals surface area contributed by atoms with E-state index in [1.165, 1.54) is 12.4 Å². The van der Waals surface area contributed by atoms with Crippen molar-refractivity contribution >= 4 is 5.97 Å². The van der Waals surface area contributed by atoms with Crippen molar-refractivity contribution in [2.75, 3.05) is 6.61 Å². The van der Waals surface area contributed by atoms with Crippen LogP contribution in [0.4, 0.5) is 0 Å². The zero-order valence-electron chi connectivity index (χ0n) is 6.30. The summed E-state index contributed by atoms with van der Waals surface area (Å²) in [5.41, 5.74) is 0. The topological polar surface area (TPSA) is 72.3 Å². The summed E-state index contributed by atoms with van der Waals surface area (Å²) < 4.78 is 4.91. The van der Waals surface area contributed by atoms with Gasteiger partial charge in [0.25, 0.3) is 0 Å². The molecule has 5 nitrogen and oxygen atoms in total. The molecule has 1 N–H and O–H groups in total. The minimum absolute atomic E-state index is 0.0434. The fourth-order valence-corrected chi connectivity index (χ4v) is 0.590. The van der Waals surface area contributed by atoms with Crippen molar-refractivity contribution in [3.8, 4) is 6.01 Å². The Morgan fingerprint density at radius 3 is 2.75 bits per heavy atom. The normalized spacial score (nSPS) is 9.33. The maximum absolute atomic E-state index is 10.1. The molecular formula is C7H8N2O3. The van der Waals surface area contributed by atoms with E-state index in [2.05, 4.69) is 9.97 Å². The third-order valence-electron chi connectivity index (χ3n) is 1.09. The fraction of sp³-hybridized carbons (Fsp3) is 0.286. The van der Waals surface area contributed by atoms with Crippen LogP contribution in [-0.4, -0.2) is 27.7 Å². The molecule has 64 valence electrons. The summed E-state index contributed by atoms with van der Waals surface area (Å²) in [7, 11) is 0. The van der Waals surface area contributed by atoms with E-state index in [0.29, 0.717) is 0 Å². The van der Waals surface area contributed by atoms with Crippen LogP contribution in [0.15, 0.2) is 18.5 Å². The lowest BCUT2D eigenvalue weighted by atomic mass is 10.5. The smallest absolute Gasteiger partial charge is 0.316 e. The summed E-state index contributed by atoms with van der Waals surface area (Å²) in [6.45, 7) is 0.0966. The van der Waals surface area contributed by atoms with Crippen LogP contribution in [-0.2, 0) is 4.79 Å². The van der Waals surface area contributed by atoms with Crippen molar-refractivity contribution in [3.05, 3.63) is 18.5 Å². The minimum atomic E-state index is -0.897. The molecule has 0 aliphatic carbocycles. The SMILES string of the molecule is O=C(O)CCOc1ncccn1. The summed E-state index contributed by atoms with van der Waals surface area (Å²) in [5.74, 6) is -0.897. The second-order valence-corrected chi connectivity index (χ2v) is 2.02. The first-order valence-electron chi connectivity index (χ1n) is 3.40. The monoisotopic (exact) mass is 168 g/mol. The molecule has 1 heterocycles. The zero-order chi connectivity index (χ0) is 8.81. The Balaban J connectivity index is 2.29. The second kappa shape index (κ2) is 4.27. The van der Waals surface area contributed by atoms with Gasteiger partial charge in [-0.05, 0) is 6.07 Å². The van der Waals surface area contributed by atoms with Crippen LogP contribution in [0.3, 0.4) is 0 Å². The van der Waals surface area contributed by atoms with Crippen LogP contribution in [0, 0.1) is 0 Å². The Kier molecular flexibility index (Phi) is 3.01. The predicted molar refractivity (Wildman–Crippen MR) is 39.8 cm³/mol. The molecule has 0 fully saturated rings. The van der Waals surface area contributed by atoms with Gasteiger partial charge in [-0.15, -0.1) is 0 Å². The van der Waals surface area contributed by atoms with Crippen LogP contribution in [0.5, 0.6) is 6.01 Å². The Morgan fingerprint density at radius 2 is 2.17 bits per heavy atom. The summed E-state index contributed by atoms with van der Waals surface area (Å²) >= 11 is 0. The molecule has 0 radical (unpaired) electrons. The van der Waals surface area contributed by atoms with Crippen LogP contribution < -0.4 is 4.74 Å². The second-order valence-electron chi connectivity index (χ2n) is 2.02. The van der Waals surface area contributed by atoms with E-state index in [-0.39, 0.29) is 19.0 Å². The lowest BCUT2D eigenvalue weighted by Crippen LogP contribution is -2.06. The highest BCUT2D eigenvalue weighted by Crippen LogP contribution is 1.97. The number of hydrogen-bond acceptors (Lipinski definition) is 4. The van der Waals surface area contributed by atoms with Gasteiger partial charge in [-0.3, -0.25) is 4.79 Å². The average molecular weight is 168 g/mol. The Bertz CT molecular complexity index is 250. The first-order valence-corrected chi connectivity index (χ1v) is 3.40. The number of rotatable bonds is 4. The average Bonchev–Trinajstić information content (AvgIpc) is 2.05. The zero-order valence-corrected chi connectivity index (χ0v) is 6.30. The lowest BCUT2D eigenvalue weighted by Gasteiger charge is -1.99. The summed E-state index contributed by atoms with van der Waals surface area (Å²) in [4.78, 5) is 17.6. The van der Waals surface area contributed by atoms with Crippen molar-refractivity contribution in [1.29, 1.82) is 0 Å². The number of carboxylic acids is 1. The van der Waals surface area contributed by atoms with Crippen molar-refractivity contribution in [2.45, 2.75) is 6.42 Å². The molecule has 5 heteroatoms. The van der Waals surface area contributed by atoms with Crippen LogP contribution in [0.2, 0.25) is 0 Å². The largest absolute Gasteiger partial charge is 0.481 e. The van der Waals surface area contributed by atoms with Gasteiger partial charge in [-0.2, -0.15) is 0 Å². The molecule has 0 saturated carbocycles. The number of ether oxygens (including phenoxy) is 1. The molecule has 0 aliphatic rings. The lowest BCUT2D eigenvalue weighted by molar-refractivity contribution is -0.137. The highest BCUT2D eigenvalue weighted by Gasteiger charge is 1.98. The van der Waals surface area contributed by atoms with E-state index in [1.54, 1.807) is 6.07 Å². The van der Waals surface area contributed by atoms with Crippen molar-refractivity contribution in [2.24, 2.45) is 0 Å². The number of aliphatic carboxylic acids is 1. The molecule has 0 amide bonds. The van der Waals surface area contributed by atoms with Gasteiger partial charge in [0.1, 0.15) is 6.61 Å². The minimum Gasteiger partial charge on any atom is -0.481 e. The molecule has 1 aromatic heterocycles. The van der Waals surface area contributed by atoms with Crippen molar-refractivity contribution < 1.29 is 14.6 Å². The predicted octanol–water partition coefficient (Wildman–Crippen LogP) is 0.330. The van der Waals surface area contributed by atoms with Crippen LogP contribution in [0.1, 0.15) is 6.42 Å². The third kappa shape index (κ3) is 2.96. The Hall–Kier alpha value is -1.65. The van der Waals surface area contributed by atoms with E-state index >= 15 is 0 Å². The molecule has 1 aromatic rings. The number of nitrogens with zero attached hydrogens (tertiary/aromatic N) is 2. The standard InChI is InChI=1S/C7H8N2O3/c10-6(11)2-5-12-7-8-3-1-4-9-7/h1,3-4H,2,5H2,(H,10,11). The summed E-state index contributed by atoms with van der Waals surface area (Å²) in [6.07, 6.45) is 3.02. The molecule has 0 bridgehead atoms. The molecule has 0 aliphatic heterocycles. The third-order valence-corrected chi connectivity index (χ3v) is 1.09. The van der Waals surface area contributed by atoms with Crippen molar-refractivity contribution in [1.82, 2.24) is 9.97 Å². The number of hydrogen-bond donors (Lipinski definition) is 1. The van der Waals surface area contributed by atoms with Gasteiger partial charge in [-0.25, -0.2) is 9.97 Å². The molecular weight excluding hydrogens is 160 g/mol. The highest BCUT2D eigenvalue weighted by atomic mass is 16.5. The molecule has 12 heavy (non-hydrogen) atoms. The van der Waals surface area contributed by atoms with E-state index in [4.69, 9.17) is 9.84 Å². The summed E-state index contributed by atoms with van der Waals surface area (Å²) in [6, 6.07) is 1.86. The molecule has 0 saturated heterocycles. The first-order chi connectivity index (χ1) is 5.79. The maximum atomic E-state index is 10.1. The van der Waals surface area contributed by atoms with Gasteiger partial charge in [0.2, 0.25) is 0 Å². The van der Waals surface area contributed by atoms with E-state index in [1.807, 2.05) is 0 Å². The number of carbonyl (C=O) groups is 1. The van der Waals surface area contributed by atoms with Gasteiger partial charge in [-0.1, -0.05) is 0 Å². The fourth-order valence-electron chi connectivity index (χ4n) is 0.590. The number of carboxylic acid groups (broad SMARTS) is 1. The molecule has 1 rings (SSSR count). The molecule has 0 atom stereocenters. The molecule has 0 spiro atoms. The van der Waals surface area contributed by atoms with E-state index in [9.17, 15) is 4.79 Å². The van der Waals surface area contributed by atoms with E-state index < -0.39 is 5.97 Å². The summed E-state index contributed by atoms with van der Waals surface area (Å²) in [5, 5.41) is 8.27. The van der Waals surface area contributed by atoms with Gasteiger partial charge < -0.3 is 9.84 Å². The highest BCUT2D eigenvalue weighted by molar-refractivity contribution is 5.66. The van der Waals surface area contributed by atoms with Gasteiger partial charge in [0, 0.05) is 12.4 Å². The van der Waals surface area contributed by atoms with Crippen LogP contribution in [0.25, 0.3) is 0 Å². The first kappa shape index (κ1) is 8.45. The van der Waals surface area contributed by atoms with Gasteiger partial charge in [0.15, 0.2) is 0 Å². The molecule has 0 aromatic carbocycles. The van der Waals surface area contributed by atoms with Gasteiger partial charge in [0.05, 0.1) is 6.42 Å². The quantitative estimate of drug-likeness (QED) is 0.701. The Labute approximate surface area is 69.0 Å². The van der Waals surface area contributed by atoms with Gasteiger partial charge >= 0.3 is 12.0 Å². The van der Waals surface area contributed by atoms with Crippen molar-refractivity contribution in [3.63, 3.8) is 0 Å². The Morgan fingerprint density at radius 1 is 1.50 bits per heavy atom.